The monoisotopic (exact) mass is 298 g/mol. The molecule has 0 unspecified atom stereocenters. The van der Waals surface area contributed by atoms with Crippen LogP contribution in [0, 0.1) is 5.41 Å². The third kappa shape index (κ3) is 3.80. The van der Waals surface area contributed by atoms with E-state index in [9.17, 15) is 13.2 Å². The Morgan fingerprint density at radius 2 is 1.75 bits per heavy atom. The van der Waals surface area contributed by atoms with Crippen LogP contribution in [0.4, 0.5) is 0 Å². The molecule has 20 heavy (non-hydrogen) atoms. The molecular formula is C14H22N2O3S. The Morgan fingerprint density at radius 1 is 1.20 bits per heavy atom. The number of sulfonamides is 1. The first-order valence-corrected chi connectivity index (χ1v) is 7.79. The Morgan fingerprint density at radius 3 is 2.25 bits per heavy atom. The molecule has 1 amide bonds. The average molecular weight is 298 g/mol. The van der Waals surface area contributed by atoms with Crippen LogP contribution < -0.4 is 5.32 Å². The lowest BCUT2D eigenvalue weighted by atomic mass is 9.95. The van der Waals surface area contributed by atoms with Gasteiger partial charge in [-0.15, -0.1) is 0 Å². The third-order valence-corrected chi connectivity index (χ3v) is 4.77. The van der Waals surface area contributed by atoms with Gasteiger partial charge in [0.2, 0.25) is 15.9 Å². The van der Waals surface area contributed by atoms with Crippen molar-refractivity contribution in [2.24, 2.45) is 5.41 Å². The van der Waals surface area contributed by atoms with Gasteiger partial charge in [-0.05, 0) is 11.6 Å². The standard InChI is InChI=1S/C14H22N2O3S/c1-14(2,3)13(17)15-10-11-8-6-7-9-12(11)20(18,19)16(4)5/h6-9H,10H2,1-5H3,(H,15,17). The van der Waals surface area contributed by atoms with E-state index in [-0.39, 0.29) is 17.3 Å². The summed E-state index contributed by atoms with van der Waals surface area (Å²) in [4.78, 5) is 12.1. The molecule has 0 spiro atoms. The minimum atomic E-state index is -3.51. The smallest absolute Gasteiger partial charge is 0.242 e. The summed E-state index contributed by atoms with van der Waals surface area (Å²) in [7, 11) is -0.537. The van der Waals surface area contributed by atoms with Crippen molar-refractivity contribution in [2.45, 2.75) is 32.2 Å². The predicted molar refractivity (Wildman–Crippen MR) is 78.6 cm³/mol. The molecule has 0 aliphatic rings. The van der Waals surface area contributed by atoms with Crippen molar-refractivity contribution in [3.8, 4) is 0 Å². The third-order valence-electron chi connectivity index (χ3n) is 2.85. The van der Waals surface area contributed by atoms with Crippen molar-refractivity contribution < 1.29 is 13.2 Å². The van der Waals surface area contributed by atoms with E-state index in [4.69, 9.17) is 0 Å². The molecule has 0 heterocycles. The maximum atomic E-state index is 12.2. The van der Waals surface area contributed by atoms with Crippen LogP contribution in [0.2, 0.25) is 0 Å². The van der Waals surface area contributed by atoms with Crippen LogP contribution >= 0.6 is 0 Å². The molecular weight excluding hydrogens is 276 g/mol. The first-order chi connectivity index (χ1) is 9.06. The molecule has 0 bridgehead atoms. The second-order valence-electron chi connectivity index (χ2n) is 5.83. The van der Waals surface area contributed by atoms with Crippen LogP contribution in [0.1, 0.15) is 26.3 Å². The van der Waals surface area contributed by atoms with Crippen LogP contribution in [0.5, 0.6) is 0 Å². The van der Waals surface area contributed by atoms with E-state index < -0.39 is 15.4 Å². The van der Waals surface area contributed by atoms with Gasteiger partial charge in [0, 0.05) is 26.1 Å². The normalized spacial score (nSPS) is 12.5. The maximum Gasteiger partial charge on any atom is 0.242 e. The molecule has 112 valence electrons. The molecule has 0 fully saturated rings. The van der Waals surface area contributed by atoms with E-state index in [1.165, 1.54) is 14.1 Å². The number of nitrogens with zero attached hydrogens (tertiary/aromatic N) is 1. The summed E-state index contributed by atoms with van der Waals surface area (Å²) in [5.74, 6) is -0.116. The molecule has 0 aliphatic carbocycles. The van der Waals surface area contributed by atoms with Gasteiger partial charge in [-0.2, -0.15) is 0 Å². The molecule has 1 aromatic carbocycles. The molecule has 5 nitrogen and oxygen atoms in total. The van der Waals surface area contributed by atoms with Gasteiger partial charge >= 0.3 is 0 Å². The quantitative estimate of drug-likeness (QED) is 0.918. The van der Waals surface area contributed by atoms with Gasteiger partial charge in [0.05, 0.1) is 4.90 Å². The summed E-state index contributed by atoms with van der Waals surface area (Å²) in [6.45, 7) is 5.62. The van der Waals surface area contributed by atoms with Crippen molar-refractivity contribution in [1.82, 2.24) is 9.62 Å². The number of hydrogen-bond acceptors (Lipinski definition) is 3. The van der Waals surface area contributed by atoms with Gasteiger partial charge in [-0.3, -0.25) is 4.79 Å². The molecule has 1 N–H and O–H groups in total. The Hall–Kier alpha value is -1.40. The molecule has 0 saturated carbocycles. The molecule has 0 atom stereocenters. The van der Waals surface area contributed by atoms with E-state index in [0.29, 0.717) is 5.56 Å². The number of nitrogens with one attached hydrogen (secondary N) is 1. The van der Waals surface area contributed by atoms with Gasteiger partial charge in [0.15, 0.2) is 0 Å². The molecule has 0 radical (unpaired) electrons. The fourth-order valence-electron chi connectivity index (χ4n) is 1.54. The Bertz CT molecular complexity index is 587. The highest BCUT2D eigenvalue weighted by atomic mass is 32.2. The molecule has 0 aromatic heterocycles. The van der Waals surface area contributed by atoms with Crippen molar-refractivity contribution in [1.29, 1.82) is 0 Å². The van der Waals surface area contributed by atoms with Crippen molar-refractivity contribution in [3.05, 3.63) is 29.8 Å². The minimum absolute atomic E-state index is 0.116. The second-order valence-corrected chi connectivity index (χ2v) is 7.95. The van der Waals surface area contributed by atoms with E-state index >= 15 is 0 Å². The largest absolute Gasteiger partial charge is 0.352 e. The van der Waals surface area contributed by atoms with Crippen LogP contribution in [-0.4, -0.2) is 32.7 Å². The van der Waals surface area contributed by atoms with Crippen LogP contribution in [0.15, 0.2) is 29.2 Å². The summed E-state index contributed by atoms with van der Waals surface area (Å²) >= 11 is 0. The molecule has 0 aliphatic heterocycles. The highest BCUT2D eigenvalue weighted by Gasteiger charge is 2.23. The fraction of sp³-hybridized carbons (Fsp3) is 0.500. The molecule has 1 rings (SSSR count). The number of carbonyl (C=O) groups excluding carboxylic acids is 1. The highest BCUT2D eigenvalue weighted by molar-refractivity contribution is 7.89. The zero-order chi connectivity index (χ0) is 15.6. The summed E-state index contributed by atoms with van der Waals surface area (Å²) in [5.41, 5.74) is 0.0776. The van der Waals surface area contributed by atoms with Crippen LogP contribution in [-0.2, 0) is 21.4 Å². The van der Waals surface area contributed by atoms with Gasteiger partial charge in [0.25, 0.3) is 0 Å². The zero-order valence-electron chi connectivity index (χ0n) is 12.6. The van der Waals surface area contributed by atoms with E-state index in [1.807, 2.05) is 20.8 Å². The average Bonchev–Trinajstić information content (AvgIpc) is 2.34. The maximum absolute atomic E-state index is 12.2. The Labute approximate surface area is 121 Å². The van der Waals surface area contributed by atoms with Gasteiger partial charge in [0.1, 0.15) is 0 Å². The predicted octanol–water partition coefficient (Wildman–Crippen LogP) is 1.60. The summed E-state index contributed by atoms with van der Waals surface area (Å²) in [5, 5.41) is 2.77. The van der Waals surface area contributed by atoms with E-state index in [1.54, 1.807) is 24.3 Å². The summed E-state index contributed by atoms with van der Waals surface area (Å²) in [6, 6.07) is 6.69. The number of benzene rings is 1. The lowest BCUT2D eigenvalue weighted by Crippen LogP contribution is -2.35. The van der Waals surface area contributed by atoms with Crippen LogP contribution in [0.3, 0.4) is 0 Å². The van der Waals surface area contributed by atoms with Gasteiger partial charge in [-0.1, -0.05) is 39.0 Å². The van der Waals surface area contributed by atoms with E-state index in [0.717, 1.165) is 4.31 Å². The summed E-state index contributed by atoms with van der Waals surface area (Å²) in [6.07, 6.45) is 0. The number of amides is 1. The van der Waals surface area contributed by atoms with E-state index in [2.05, 4.69) is 5.32 Å². The number of hydrogen-bond donors (Lipinski definition) is 1. The van der Waals surface area contributed by atoms with Crippen molar-refractivity contribution in [2.75, 3.05) is 14.1 Å². The minimum Gasteiger partial charge on any atom is -0.352 e. The molecule has 1 aromatic rings. The highest BCUT2D eigenvalue weighted by Crippen LogP contribution is 2.19. The molecule has 0 saturated heterocycles. The van der Waals surface area contributed by atoms with Gasteiger partial charge in [-0.25, -0.2) is 12.7 Å². The van der Waals surface area contributed by atoms with Crippen LogP contribution in [0.25, 0.3) is 0 Å². The zero-order valence-corrected chi connectivity index (χ0v) is 13.4. The second kappa shape index (κ2) is 5.93. The Kier molecular flexibility index (Phi) is 4.94. The molecule has 6 heteroatoms. The lowest BCUT2D eigenvalue weighted by Gasteiger charge is -2.19. The first-order valence-electron chi connectivity index (χ1n) is 6.35. The topological polar surface area (TPSA) is 66.5 Å². The number of carbonyl (C=O) groups is 1. The Balaban J connectivity index is 3.02. The van der Waals surface area contributed by atoms with Crippen molar-refractivity contribution in [3.63, 3.8) is 0 Å². The summed E-state index contributed by atoms with van der Waals surface area (Å²) < 4.78 is 25.6. The first kappa shape index (κ1) is 16.7. The van der Waals surface area contributed by atoms with Gasteiger partial charge < -0.3 is 5.32 Å². The SMILES string of the molecule is CN(C)S(=O)(=O)c1ccccc1CNC(=O)C(C)(C)C. The lowest BCUT2D eigenvalue weighted by molar-refractivity contribution is -0.128. The number of rotatable bonds is 4. The van der Waals surface area contributed by atoms with Crippen molar-refractivity contribution >= 4 is 15.9 Å². The fourth-order valence-corrected chi connectivity index (χ4v) is 2.65.